The summed E-state index contributed by atoms with van der Waals surface area (Å²) in [6, 6.07) is 0.162. The zero-order valence-electron chi connectivity index (χ0n) is 9.48. The monoisotopic (exact) mass is 280 g/mol. The fourth-order valence-corrected chi connectivity index (χ4v) is 2.34. The van der Waals surface area contributed by atoms with Gasteiger partial charge in [0.05, 0.1) is 6.61 Å². The van der Waals surface area contributed by atoms with E-state index in [2.05, 4.69) is 12.6 Å². The summed E-state index contributed by atoms with van der Waals surface area (Å²) in [6.07, 6.45) is 2.65. The van der Waals surface area contributed by atoms with E-state index in [1.807, 2.05) is 0 Å². The summed E-state index contributed by atoms with van der Waals surface area (Å²) in [5, 5.41) is 0. The Hall–Kier alpha value is -0.910. The van der Waals surface area contributed by atoms with E-state index in [0.717, 1.165) is 19.3 Å². The van der Waals surface area contributed by atoms with E-state index >= 15 is 0 Å². The molecule has 18 heavy (non-hydrogen) atoms. The van der Waals surface area contributed by atoms with Gasteiger partial charge in [-0.3, -0.25) is 0 Å². The Labute approximate surface area is 108 Å². The molecule has 0 bridgehead atoms. The van der Waals surface area contributed by atoms with E-state index < -0.39 is 29.0 Å². The van der Waals surface area contributed by atoms with Gasteiger partial charge in [-0.1, -0.05) is 6.42 Å². The first-order valence-electron chi connectivity index (χ1n) is 5.56. The fraction of sp³-hybridized carbons (Fsp3) is 0.500. The molecule has 1 nitrogen and oxygen atoms in total. The predicted octanol–water partition coefficient (Wildman–Crippen LogP) is 3.72. The van der Waals surface area contributed by atoms with Gasteiger partial charge in [-0.05, 0) is 18.6 Å². The lowest BCUT2D eigenvalue weighted by Crippen LogP contribution is -2.37. The molecule has 1 saturated carbocycles. The molecular weight excluding hydrogens is 268 g/mol. The molecule has 100 valence electrons. The number of ether oxygens (including phenoxy) is 1. The number of thiol groups is 1. The van der Waals surface area contributed by atoms with Crippen molar-refractivity contribution in [2.24, 2.45) is 5.41 Å². The quantitative estimate of drug-likeness (QED) is 0.502. The number of hydrogen-bond donors (Lipinski definition) is 1. The first-order valence-corrected chi connectivity index (χ1v) is 6.19. The van der Waals surface area contributed by atoms with Crippen molar-refractivity contribution >= 4 is 12.6 Å². The number of hydrogen-bond acceptors (Lipinski definition) is 2. The number of halogens is 4. The molecular formula is C12H12F4OS. The number of rotatable bonds is 4. The Morgan fingerprint density at radius 2 is 1.67 bits per heavy atom. The highest BCUT2D eigenvalue weighted by molar-refractivity contribution is 7.80. The molecule has 0 saturated heterocycles. The number of benzene rings is 1. The SMILES string of the molecule is Fc1cc(F)c(F)c(OCC2(CS)CCC2)c1F. The Kier molecular flexibility index (Phi) is 3.75. The summed E-state index contributed by atoms with van der Waals surface area (Å²) in [6.45, 7) is 0.00718. The first-order chi connectivity index (χ1) is 8.49. The molecule has 6 heteroatoms. The van der Waals surface area contributed by atoms with Gasteiger partial charge in [0.2, 0.25) is 11.6 Å². The maximum absolute atomic E-state index is 13.3. The molecule has 0 unspecified atom stereocenters. The van der Waals surface area contributed by atoms with Crippen LogP contribution < -0.4 is 4.74 Å². The van der Waals surface area contributed by atoms with Gasteiger partial charge in [0.15, 0.2) is 17.4 Å². The Morgan fingerprint density at radius 1 is 1.11 bits per heavy atom. The smallest absolute Gasteiger partial charge is 0.203 e. The van der Waals surface area contributed by atoms with Crippen molar-refractivity contribution in [1.29, 1.82) is 0 Å². The topological polar surface area (TPSA) is 9.23 Å². The molecule has 2 rings (SSSR count). The minimum atomic E-state index is -1.50. The summed E-state index contributed by atoms with van der Waals surface area (Å²) in [7, 11) is 0. The van der Waals surface area contributed by atoms with Crippen LogP contribution in [-0.2, 0) is 0 Å². The molecule has 0 radical (unpaired) electrons. The Bertz CT molecular complexity index is 428. The molecule has 0 aromatic heterocycles. The molecule has 1 aromatic carbocycles. The molecule has 0 aliphatic heterocycles. The van der Waals surface area contributed by atoms with Crippen LogP contribution in [0.25, 0.3) is 0 Å². The van der Waals surface area contributed by atoms with Crippen LogP contribution in [0.3, 0.4) is 0 Å². The zero-order chi connectivity index (χ0) is 13.3. The minimum Gasteiger partial charge on any atom is -0.487 e. The van der Waals surface area contributed by atoms with E-state index in [-0.39, 0.29) is 18.1 Å². The van der Waals surface area contributed by atoms with Crippen LogP contribution in [0.1, 0.15) is 19.3 Å². The average Bonchev–Trinajstić information content (AvgIpc) is 2.29. The molecule has 1 aliphatic carbocycles. The van der Waals surface area contributed by atoms with Crippen molar-refractivity contribution in [3.05, 3.63) is 29.3 Å². The summed E-state index contributed by atoms with van der Waals surface area (Å²) >= 11 is 4.16. The lowest BCUT2D eigenvalue weighted by atomic mass is 9.71. The largest absolute Gasteiger partial charge is 0.487 e. The molecule has 0 spiro atoms. The van der Waals surface area contributed by atoms with Crippen LogP contribution in [-0.4, -0.2) is 12.4 Å². The third kappa shape index (κ3) is 2.30. The molecule has 0 N–H and O–H groups in total. The van der Waals surface area contributed by atoms with E-state index in [4.69, 9.17) is 4.74 Å². The second kappa shape index (κ2) is 4.99. The van der Waals surface area contributed by atoms with Crippen molar-refractivity contribution in [2.75, 3.05) is 12.4 Å². The van der Waals surface area contributed by atoms with Crippen molar-refractivity contribution in [1.82, 2.24) is 0 Å². The van der Waals surface area contributed by atoms with Crippen LogP contribution in [0.2, 0.25) is 0 Å². The van der Waals surface area contributed by atoms with Crippen molar-refractivity contribution < 1.29 is 22.3 Å². The lowest BCUT2D eigenvalue weighted by molar-refractivity contribution is 0.0767. The van der Waals surface area contributed by atoms with E-state index in [0.29, 0.717) is 5.75 Å². The first kappa shape index (κ1) is 13.5. The van der Waals surface area contributed by atoms with Gasteiger partial charge in [-0.25, -0.2) is 8.78 Å². The molecule has 1 aromatic rings. The summed E-state index contributed by atoms with van der Waals surface area (Å²) in [4.78, 5) is 0. The molecule has 0 amide bonds. The predicted molar refractivity (Wildman–Crippen MR) is 61.9 cm³/mol. The van der Waals surface area contributed by atoms with Crippen molar-refractivity contribution in [2.45, 2.75) is 19.3 Å². The molecule has 0 heterocycles. The maximum Gasteiger partial charge on any atom is 0.203 e. The molecule has 1 fully saturated rings. The maximum atomic E-state index is 13.3. The van der Waals surface area contributed by atoms with Gasteiger partial charge in [-0.2, -0.15) is 21.4 Å². The second-order valence-electron chi connectivity index (χ2n) is 4.60. The fourth-order valence-electron chi connectivity index (χ4n) is 1.93. The standard InChI is InChI=1S/C12H12F4OS/c13-7-4-8(14)10(16)11(9(7)15)17-5-12(6-18)2-1-3-12/h4,18H,1-3,5-6H2. The highest BCUT2D eigenvalue weighted by Crippen LogP contribution is 2.42. The van der Waals surface area contributed by atoms with Gasteiger partial charge in [0.25, 0.3) is 0 Å². The van der Waals surface area contributed by atoms with Gasteiger partial charge in [0, 0.05) is 11.5 Å². The van der Waals surface area contributed by atoms with E-state index in [9.17, 15) is 17.6 Å². The lowest BCUT2D eigenvalue weighted by Gasteiger charge is -2.40. The van der Waals surface area contributed by atoms with Gasteiger partial charge >= 0.3 is 0 Å². The van der Waals surface area contributed by atoms with E-state index in [1.165, 1.54) is 0 Å². The van der Waals surface area contributed by atoms with Gasteiger partial charge in [-0.15, -0.1) is 0 Å². The third-order valence-electron chi connectivity index (χ3n) is 3.34. The minimum absolute atomic E-state index is 0.00718. The summed E-state index contributed by atoms with van der Waals surface area (Å²) < 4.78 is 57.5. The van der Waals surface area contributed by atoms with Crippen LogP contribution in [0.5, 0.6) is 5.75 Å². The zero-order valence-corrected chi connectivity index (χ0v) is 10.4. The normalized spacial score (nSPS) is 17.4. The van der Waals surface area contributed by atoms with Gasteiger partial charge in [0.1, 0.15) is 0 Å². The molecule has 1 aliphatic rings. The second-order valence-corrected chi connectivity index (χ2v) is 4.91. The summed E-state index contributed by atoms with van der Waals surface area (Å²) in [5.74, 6) is -6.39. The van der Waals surface area contributed by atoms with Crippen molar-refractivity contribution in [3.8, 4) is 5.75 Å². The van der Waals surface area contributed by atoms with Crippen LogP contribution in [0.15, 0.2) is 6.07 Å². The van der Waals surface area contributed by atoms with Crippen LogP contribution >= 0.6 is 12.6 Å². The summed E-state index contributed by atoms with van der Waals surface area (Å²) in [5.41, 5.74) is -0.245. The van der Waals surface area contributed by atoms with Crippen molar-refractivity contribution in [3.63, 3.8) is 0 Å². The van der Waals surface area contributed by atoms with Gasteiger partial charge < -0.3 is 4.74 Å². The molecule has 0 atom stereocenters. The Morgan fingerprint density at radius 3 is 2.06 bits per heavy atom. The van der Waals surface area contributed by atoms with Crippen LogP contribution in [0, 0.1) is 28.7 Å². The third-order valence-corrected chi connectivity index (χ3v) is 4.01. The van der Waals surface area contributed by atoms with E-state index in [1.54, 1.807) is 0 Å². The highest BCUT2D eigenvalue weighted by atomic mass is 32.1. The average molecular weight is 280 g/mol. The highest BCUT2D eigenvalue weighted by Gasteiger charge is 2.37. The van der Waals surface area contributed by atoms with Crippen LogP contribution in [0.4, 0.5) is 17.6 Å². The Balaban J connectivity index is 2.19.